The summed E-state index contributed by atoms with van der Waals surface area (Å²) in [4.78, 5) is 11.3. The maximum Gasteiger partial charge on any atom is 0.183 e. The van der Waals surface area contributed by atoms with Gasteiger partial charge in [0.15, 0.2) is 9.84 Å². The third-order valence-corrected chi connectivity index (χ3v) is 6.48. The molecule has 0 radical (unpaired) electrons. The van der Waals surface area contributed by atoms with Crippen molar-refractivity contribution in [3.05, 3.63) is 22.7 Å². The summed E-state index contributed by atoms with van der Waals surface area (Å²) in [7, 11) is -3.53. The van der Waals surface area contributed by atoms with E-state index in [4.69, 9.17) is 17.3 Å². The Hall–Kier alpha value is -1.07. The standard InChI is InChI=1S/C13H16ClNO3S/c1-8-12(15)7-6-11(14)13(8)19(17,18)10-4-2-9(16)3-5-10/h6-7,10H,2-5,15H2,1H3. The Balaban J connectivity index is 2.46. The molecule has 0 aliphatic heterocycles. The van der Waals surface area contributed by atoms with Gasteiger partial charge in [0.1, 0.15) is 5.78 Å². The molecule has 104 valence electrons. The molecular weight excluding hydrogens is 286 g/mol. The van der Waals surface area contributed by atoms with Crippen LogP contribution in [0, 0.1) is 6.92 Å². The maximum atomic E-state index is 12.6. The molecule has 1 aromatic rings. The number of halogens is 1. The van der Waals surface area contributed by atoms with Gasteiger partial charge in [-0.15, -0.1) is 0 Å². The molecule has 19 heavy (non-hydrogen) atoms. The third-order valence-electron chi connectivity index (χ3n) is 3.61. The second-order valence-corrected chi connectivity index (χ2v) is 7.45. The van der Waals surface area contributed by atoms with Gasteiger partial charge in [-0.1, -0.05) is 11.6 Å². The van der Waals surface area contributed by atoms with Crippen molar-refractivity contribution in [3.63, 3.8) is 0 Å². The zero-order valence-electron chi connectivity index (χ0n) is 10.6. The quantitative estimate of drug-likeness (QED) is 0.851. The number of sulfone groups is 1. The SMILES string of the molecule is Cc1c(N)ccc(Cl)c1S(=O)(=O)C1CCC(=O)CC1. The smallest absolute Gasteiger partial charge is 0.183 e. The van der Waals surface area contributed by atoms with Crippen molar-refractivity contribution in [1.29, 1.82) is 0 Å². The predicted molar refractivity (Wildman–Crippen MR) is 75.1 cm³/mol. The molecule has 1 aromatic carbocycles. The van der Waals surface area contributed by atoms with Crippen molar-refractivity contribution < 1.29 is 13.2 Å². The highest BCUT2D eigenvalue weighted by Crippen LogP contribution is 2.35. The van der Waals surface area contributed by atoms with E-state index in [1.807, 2.05) is 0 Å². The maximum absolute atomic E-state index is 12.6. The van der Waals surface area contributed by atoms with E-state index in [0.717, 1.165) is 0 Å². The van der Waals surface area contributed by atoms with Crippen molar-refractivity contribution in [3.8, 4) is 0 Å². The lowest BCUT2D eigenvalue weighted by molar-refractivity contribution is -0.120. The number of hydrogen-bond donors (Lipinski definition) is 1. The molecule has 0 bridgehead atoms. The fourth-order valence-corrected chi connectivity index (χ4v) is 5.01. The number of carbonyl (C=O) groups is 1. The zero-order valence-corrected chi connectivity index (χ0v) is 12.2. The molecule has 4 nitrogen and oxygen atoms in total. The van der Waals surface area contributed by atoms with Gasteiger partial charge in [0.25, 0.3) is 0 Å². The van der Waals surface area contributed by atoms with Crippen LogP contribution in [0.3, 0.4) is 0 Å². The van der Waals surface area contributed by atoms with E-state index >= 15 is 0 Å². The minimum absolute atomic E-state index is 0.119. The van der Waals surface area contributed by atoms with Crippen molar-refractivity contribution >= 4 is 32.9 Å². The van der Waals surface area contributed by atoms with Crippen LogP contribution in [0.25, 0.3) is 0 Å². The summed E-state index contributed by atoms with van der Waals surface area (Å²) in [6.45, 7) is 1.65. The largest absolute Gasteiger partial charge is 0.398 e. The molecule has 0 aromatic heterocycles. The van der Waals surface area contributed by atoms with E-state index < -0.39 is 15.1 Å². The molecule has 1 aliphatic carbocycles. The Kier molecular flexibility index (Phi) is 3.87. The number of hydrogen-bond acceptors (Lipinski definition) is 4. The molecular formula is C13H16ClNO3S. The predicted octanol–water partition coefficient (Wildman–Crippen LogP) is 2.52. The van der Waals surface area contributed by atoms with Gasteiger partial charge in [0, 0.05) is 18.5 Å². The first-order valence-corrected chi connectivity index (χ1v) is 8.06. The zero-order chi connectivity index (χ0) is 14.2. The molecule has 1 aliphatic rings. The fourth-order valence-electron chi connectivity index (χ4n) is 2.41. The van der Waals surface area contributed by atoms with E-state index in [0.29, 0.717) is 36.9 Å². The molecule has 1 fully saturated rings. The molecule has 2 N–H and O–H groups in total. The molecule has 2 rings (SSSR count). The summed E-state index contributed by atoms with van der Waals surface area (Å²) >= 11 is 6.03. The van der Waals surface area contributed by atoms with Crippen LogP contribution >= 0.6 is 11.6 Å². The Morgan fingerprint density at radius 3 is 2.42 bits per heavy atom. The highest BCUT2D eigenvalue weighted by molar-refractivity contribution is 7.92. The highest BCUT2D eigenvalue weighted by Gasteiger charge is 2.34. The second-order valence-electron chi connectivity index (χ2n) is 4.87. The van der Waals surface area contributed by atoms with Gasteiger partial charge in [-0.2, -0.15) is 0 Å². The number of Topliss-reactive ketones (excluding diaryl/α,β-unsaturated/α-hetero) is 1. The number of benzene rings is 1. The average Bonchev–Trinajstić information content (AvgIpc) is 2.34. The van der Waals surface area contributed by atoms with E-state index in [2.05, 4.69) is 0 Å². The second kappa shape index (κ2) is 5.13. The first-order valence-electron chi connectivity index (χ1n) is 6.14. The molecule has 0 unspecified atom stereocenters. The van der Waals surface area contributed by atoms with Crippen LogP contribution in [-0.2, 0) is 14.6 Å². The van der Waals surface area contributed by atoms with E-state index in [1.165, 1.54) is 6.07 Å². The minimum atomic E-state index is -3.53. The van der Waals surface area contributed by atoms with E-state index in [1.54, 1.807) is 13.0 Å². The number of anilines is 1. The molecule has 0 heterocycles. The number of carbonyl (C=O) groups excluding carboxylic acids is 1. The lowest BCUT2D eigenvalue weighted by Gasteiger charge is -2.23. The Bertz CT molecular complexity index is 615. The van der Waals surface area contributed by atoms with Crippen LogP contribution < -0.4 is 5.73 Å². The normalized spacial score (nSPS) is 17.7. The Morgan fingerprint density at radius 1 is 1.26 bits per heavy atom. The molecule has 6 heteroatoms. The summed E-state index contributed by atoms with van der Waals surface area (Å²) < 4.78 is 25.3. The topological polar surface area (TPSA) is 77.2 Å². The minimum Gasteiger partial charge on any atom is -0.398 e. The summed E-state index contributed by atoms with van der Waals surface area (Å²) in [6, 6.07) is 3.10. The van der Waals surface area contributed by atoms with Crippen molar-refractivity contribution in [2.45, 2.75) is 42.8 Å². The lowest BCUT2D eigenvalue weighted by Crippen LogP contribution is -2.28. The van der Waals surface area contributed by atoms with Crippen molar-refractivity contribution in [2.24, 2.45) is 0 Å². The highest BCUT2D eigenvalue weighted by atomic mass is 35.5. The number of nitrogens with two attached hydrogens (primary N) is 1. The molecule has 1 saturated carbocycles. The van der Waals surface area contributed by atoms with Gasteiger partial charge in [-0.25, -0.2) is 8.42 Å². The summed E-state index contributed by atoms with van der Waals surface area (Å²) in [6.07, 6.45) is 1.38. The molecule has 0 atom stereocenters. The summed E-state index contributed by atoms with van der Waals surface area (Å²) in [5.41, 5.74) is 6.66. The lowest BCUT2D eigenvalue weighted by atomic mass is 9.99. The number of ketones is 1. The van der Waals surface area contributed by atoms with Crippen LogP contribution in [-0.4, -0.2) is 19.5 Å². The number of nitrogen functional groups attached to an aromatic ring is 1. The van der Waals surface area contributed by atoms with Gasteiger partial charge in [-0.05, 0) is 37.5 Å². The monoisotopic (exact) mass is 301 g/mol. The van der Waals surface area contributed by atoms with Gasteiger partial charge in [-0.3, -0.25) is 4.79 Å². The fraction of sp³-hybridized carbons (Fsp3) is 0.462. The van der Waals surface area contributed by atoms with Gasteiger partial charge >= 0.3 is 0 Å². The summed E-state index contributed by atoms with van der Waals surface area (Å²) in [5.74, 6) is 0.127. The van der Waals surface area contributed by atoms with Crippen LogP contribution in [0.1, 0.15) is 31.2 Å². The van der Waals surface area contributed by atoms with Gasteiger partial charge in [0.2, 0.25) is 0 Å². The molecule has 0 amide bonds. The average molecular weight is 302 g/mol. The number of rotatable bonds is 2. The molecule has 0 saturated heterocycles. The van der Waals surface area contributed by atoms with Crippen molar-refractivity contribution in [1.82, 2.24) is 0 Å². The Morgan fingerprint density at radius 2 is 1.84 bits per heavy atom. The van der Waals surface area contributed by atoms with Crippen molar-refractivity contribution in [2.75, 3.05) is 5.73 Å². The Labute approximate surface area is 117 Å². The first-order chi connectivity index (χ1) is 8.84. The van der Waals surface area contributed by atoms with E-state index in [-0.39, 0.29) is 15.7 Å². The van der Waals surface area contributed by atoms with Crippen LogP contribution in [0.4, 0.5) is 5.69 Å². The first kappa shape index (κ1) is 14.3. The third kappa shape index (κ3) is 2.62. The van der Waals surface area contributed by atoms with Crippen LogP contribution in [0.2, 0.25) is 5.02 Å². The van der Waals surface area contributed by atoms with E-state index in [9.17, 15) is 13.2 Å². The van der Waals surface area contributed by atoms with Gasteiger partial charge < -0.3 is 5.73 Å². The molecule has 0 spiro atoms. The summed E-state index contributed by atoms with van der Waals surface area (Å²) in [5, 5.41) is -0.341. The van der Waals surface area contributed by atoms with Gasteiger partial charge in [0.05, 0.1) is 15.2 Å². The van der Waals surface area contributed by atoms with Crippen LogP contribution in [0.15, 0.2) is 17.0 Å². The van der Waals surface area contributed by atoms with Crippen LogP contribution in [0.5, 0.6) is 0 Å².